The number of carbonyl (C=O) groups excluding carboxylic acids is 1. The number of nitrogens with one attached hydrogen (secondary N) is 1. The average Bonchev–Trinajstić information content (AvgIpc) is 2.87. The maximum Gasteiger partial charge on any atom is 0.303 e. The molecule has 8 heteroatoms. The summed E-state index contributed by atoms with van der Waals surface area (Å²) < 4.78 is 25.1. The number of rotatable bonds is 12. The molecule has 1 aliphatic rings. The lowest BCUT2D eigenvalue weighted by molar-refractivity contribution is -0.137. The fourth-order valence-electron chi connectivity index (χ4n) is 4.77. The second-order valence-electron chi connectivity index (χ2n) is 9.20. The van der Waals surface area contributed by atoms with Gasteiger partial charge >= 0.3 is 5.97 Å². The second kappa shape index (κ2) is 13.3. The Morgan fingerprint density at radius 2 is 1.94 bits per heavy atom. The molecule has 1 saturated heterocycles. The van der Waals surface area contributed by atoms with Crippen molar-refractivity contribution in [3.05, 3.63) is 53.3 Å². The summed E-state index contributed by atoms with van der Waals surface area (Å²) in [4.78, 5) is 26.8. The van der Waals surface area contributed by atoms with Gasteiger partial charge in [-0.1, -0.05) is 26.0 Å². The number of methoxy groups -OCH3 is 1. The van der Waals surface area contributed by atoms with E-state index in [4.69, 9.17) is 9.47 Å². The minimum Gasteiger partial charge on any atom is -0.497 e. The Hall–Kier alpha value is -3.13. The first-order valence-corrected chi connectivity index (χ1v) is 12.7. The third-order valence-corrected chi connectivity index (χ3v) is 6.70. The Morgan fingerprint density at radius 1 is 1.19 bits per heavy atom. The molecule has 1 atom stereocenters. The number of benzene rings is 2. The van der Waals surface area contributed by atoms with E-state index >= 15 is 0 Å². The average molecular weight is 501 g/mol. The van der Waals surface area contributed by atoms with Gasteiger partial charge < -0.3 is 24.8 Å². The normalized spacial score (nSPS) is 14.8. The molecule has 0 spiro atoms. The van der Waals surface area contributed by atoms with Crippen molar-refractivity contribution in [3.8, 4) is 5.75 Å². The minimum absolute atomic E-state index is 0.0128. The highest BCUT2D eigenvalue weighted by atomic mass is 19.1. The fraction of sp³-hybridized carbons (Fsp3) is 0.500. The van der Waals surface area contributed by atoms with Gasteiger partial charge in [0.05, 0.1) is 31.3 Å². The smallest absolute Gasteiger partial charge is 0.303 e. The van der Waals surface area contributed by atoms with Crippen LogP contribution in [-0.2, 0) is 20.7 Å². The number of carboxylic acids is 1. The Bertz CT molecular complexity index is 1040. The topological polar surface area (TPSA) is 88.1 Å². The molecule has 0 aromatic heterocycles. The molecule has 36 heavy (non-hydrogen) atoms. The zero-order valence-electron chi connectivity index (χ0n) is 21.4. The van der Waals surface area contributed by atoms with Crippen LogP contribution in [0, 0.1) is 5.82 Å². The molecule has 0 radical (unpaired) electrons. The van der Waals surface area contributed by atoms with Gasteiger partial charge in [0.2, 0.25) is 5.91 Å². The van der Waals surface area contributed by atoms with Crippen LogP contribution >= 0.6 is 0 Å². The third kappa shape index (κ3) is 7.20. The van der Waals surface area contributed by atoms with Crippen molar-refractivity contribution in [2.75, 3.05) is 37.1 Å². The number of aliphatic carboxylic acids is 1. The van der Waals surface area contributed by atoms with Crippen LogP contribution in [0.3, 0.4) is 0 Å². The number of nitrogens with zero attached hydrogens (tertiary/aromatic N) is 1. The van der Waals surface area contributed by atoms with Gasteiger partial charge in [-0.15, -0.1) is 0 Å². The van der Waals surface area contributed by atoms with Crippen LogP contribution in [0.2, 0.25) is 0 Å². The summed E-state index contributed by atoms with van der Waals surface area (Å²) in [6.45, 7) is 6.27. The number of hydrogen-bond acceptors (Lipinski definition) is 5. The lowest BCUT2D eigenvalue weighted by Gasteiger charge is -2.37. The number of ether oxygens (including phenoxy) is 2. The monoisotopic (exact) mass is 500 g/mol. The van der Waals surface area contributed by atoms with Crippen molar-refractivity contribution in [2.45, 2.75) is 64.3 Å². The van der Waals surface area contributed by atoms with Crippen LogP contribution in [0.25, 0.3) is 0 Å². The predicted octanol–water partition coefficient (Wildman–Crippen LogP) is 5.38. The number of carboxylic acid groups (broad SMARTS) is 1. The van der Waals surface area contributed by atoms with E-state index in [9.17, 15) is 19.1 Å². The number of hydrogen-bond donors (Lipinski definition) is 2. The molecule has 1 unspecified atom stereocenters. The van der Waals surface area contributed by atoms with E-state index in [1.165, 1.54) is 13.2 Å². The van der Waals surface area contributed by atoms with Gasteiger partial charge in [0.25, 0.3) is 0 Å². The molecule has 2 aromatic rings. The summed E-state index contributed by atoms with van der Waals surface area (Å²) in [5.74, 6) is -1.48. The first kappa shape index (κ1) is 27.5. The maximum absolute atomic E-state index is 14.5. The van der Waals surface area contributed by atoms with Gasteiger partial charge in [0.15, 0.2) is 0 Å². The number of halogens is 1. The largest absolute Gasteiger partial charge is 0.497 e. The standard InChI is InChI=1S/C28H37FN2O5/c1-4-12-31(22-10-13-36-14-11-22)26-9-7-20(19(5-2)17-28(33)34)15-25(26)30-27(32)16-21-6-8-23(35-3)18-24(21)29/h6-9,15,18-19,22H,4-5,10-14,16-17H2,1-3H3,(H,30,32)(H,33,34). The maximum atomic E-state index is 14.5. The van der Waals surface area contributed by atoms with Crippen molar-refractivity contribution in [2.24, 2.45) is 0 Å². The highest BCUT2D eigenvalue weighted by molar-refractivity contribution is 5.96. The number of amides is 1. The summed E-state index contributed by atoms with van der Waals surface area (Å²) in [6.07, 6.45) is 3.26. The zero-order chi connectivity index (χ0) is 26.1. The Labute approximate surface area is 212 Å². The summed E-state index contributed by atoms with van der Waals surface area (Å²) in [5, 5.41) is 12.4. The zero-order valence-corrected chi connectivity index (χ0v) is 21.4. The van der Waals surface area contributed by atoms with Gasteiger partial charge in [-0.25, -0.2) is 4.39 Å². The van der Waals surface area contributed by atoms with Gasteiger partial charge in [-0.3, -0.25) is 9.59 Å². The minimum atomic E-state index is -0.860. The van der Waals surface area contributed by atoms with E-state index in [2.05, 4.69) is 17.1 Å². The molecular formula is C28H37FN2O5. The molecule has 2 aromatic carbocycles. The van der Waals surface area contributed by atoms with Crippen LogP contribution in [0.1, 0.15) is 63.0 Å². The quantitative estimate of drug-likeness (QED) is 0.407. The molecule has 1 aliphatic heterocycles. The van der Waals surface area contributed by atoms with Crippen molar-refractivity contribution < 1.29 is 28.6 Å². The molecule has 1 amide bonds. The van der Waals surface area contributed by atoms with Crippen LogP contribution in [0.15, 0.2) is 36.4 Å². The lowest BCUT2D eigenvalue weighted by atomic mass is 9.92. The van der Waals surface area contributed by atoms with Gasteiger partial charge in [-0.2, -0.15) is 0 Å². The van der Waals surface area contributed by atoms with Crippen molar-refractivity contribution >= 4 is 23.3 Å². The van der Waals surface area contributed by atoms with Crippen LogP contribution in [-0.4, -0.2) is 49.9 Å². The van der Waals surface area contributed by atoms with E-state index in [0.29, 0.717) is 31.1 Å². The van der Waals surface area contributed by atoms with Crippen LogP contribution in [0.5, 0.6) is 5.75 Å². The van der Waals surface area contributed by atoms with Crippen molar-refractivity contribution in [3.63, 3.8) is 0 Å². The Balaban J connectivity index is 1.94. The Morgan fingerprint density at radius 3 is 2.56 bits per heavy atom. The summed E-state index contributed by atoms with van der Waals surface area (Å²) in [5.41, 5.74) is 2.65. The Kier molecular flexibility index (Phi) is 10.1. The summed E-state index contributed by atoms with van der Waals surface area (Å²) in [7, 11) is 1.46. The molecule has 1 heterocycles. The second-order valence-corrected chi connectivity index (χ2v) is 9.20. The molecule has 3 rings (SSSR count). The molecular weight excluding hydrogens is 463 g/mol. The summed E-state index contributed by atoms with van der Waals surface area (Å²) in [6, 6.07) is 10.6. The molecule has 7 nitrogen and oxygen atoms in total. The molecule has 2 N–H and O–H groups in total. The molecule has 1 fully saturated rings. The first-order valence-electron chi connectivity index (χ1n) is 12.7. The van der Waals surface area contributed by atoms with E-state index in [1.807, 2.05) is 25.1 Å². The van der Waals surface area contributed by atoms with Crippen molar-refractivity contribution in [1.29, 1.82) is 0 Å². The highest BCUT2D eigenvalue weighted by Gasteiger charge is 2.25. The lowest BCUT2D eigenvalue weighted by Crippen LogP contribution is -2.40. The van der Waals surface area contributed by atoms with Gasteiger partial charge in [0, 0.05) is 31.9 Å². The van der Waals surface area contributed by atoms with E-state index in [1.54, 1.807) is 12.1 Å². The molecule has 0 saturated carbocycles. The number of carbonyl (C=O) groups is 2. The van der Waals surface area contributed by atoms with Gasteiger partial charge in [0.1, 0.15) is 11.6 Å². The summed E-state index contributed by atoms with van der Waals surface area (Å²) >= 11 is 0. The molecule has 196 valence electrons. The van der Waals surface area contributed by atoms with Gasteiger partial charge in [-0.05, 0) is 60.9 Å². The number of anilines is 2. The first-order chi connectivity index (χ1) is 17.4. The van der Waals surface area contributed by atoms with Crippen LogP contribution < -0.4 is 15.0 Å². The predicted molar refractivity (Wildman–Crippen MR) is 138 cm³/mol. The third-order valence-electron chi connectivity index (χ3n) is 6.70. The molecule has 0 aliphatic carbocycles. The highest BCUT2D eigenvalue weighted by Crippen LogP contribution is 2.35. The van der Waals surface area contributed by atoms with E-state index < -0.39 is 11.8 Å². The fourth-order valence-corrected chi connectivity index (χ4v) is 4.77. The van der Waals surface area contributed by atoms with Crippen molar-refractivity contribution in [1.82, 2.24) is 0 Å². The SMILES string of the molecule is CCCN(c1ccc(C(CC)CC(=O)O)cc1NC(=O)Cc1ccc(OC)cc1F)C1CCOCC1. The van der Waals surface area contributed by atoms with E-state index in [0.717, 1.165) is 37.1 Å². The molecule has 0 bridgehead atoms. The van der Waals surface area contributed by atoms with E-state index in [-0.39, 0.29) is 36.3 Å². The van der Waals surface area contributed by atoms with Crippen LogP contribution in [0.4, 0.5) is 15.8 Å².